The van der Waals surface area contributed by atoms with Crippen LogP contribution in [0, 0.1) is 6.92 Å². The number of thioether (sulfide) groups is 1. The number of ether oxygens (including phenoxy) is 1. The zero-order chi connectivity index (χ0) is 27.1. The third-order valence-corrected chi connectivity index (χ3v) is 7.03. The number of carbonyl (C=O) groups is 3. The molecule has 0 radical (unpaired) electrons. The van der Waals surface area contributed by atoms with E-state index in [0.29, 0.717) is 23.6 Å². The zero-order valence-electron chi connectivity index (χ0n) is 21.8. The van der Waals surface area contributed by atoms with Crippen LogP contribution in [0.1, 0.15) is 30.5 Å². The molecular weight excluding hydrogens is 498 g/mol. The van der Waals surface area contributed by atoms with E-state index in [9.17, 15) is 14.4 Å². The third kappa shape index (κ3) is 6.63. The SMILES string of the molecule is CCN(CC)c1ccc(/C=C2/SC(=O)N(CC(=O)Nc3cccc(C)c3)C2=O)c(OCc2ccccc2)c1. The van der Waals surface area contributed by atoms with Gasteiger partial charge in [-0.1, -0.05) is 42.5 Å². The van der Waals surface area contributed by atoms with E-state index in [0.717, 1.165) is 46.6 Å². The van der Waals surface area contributed by atoms with E-state index in [2.05, 4.69) is 24.1 Å². The summed E-state index contributed by atoms with van der Waals surface area (Å²) in [6.45, 7) is 7.80. The Bertz CT molecular complexity index is 1350. The van der Waals surface area contributed by atoms with E-state index in [1.54, 1.807) is 12.1 Å². The molecule has 4 rings (SSSR count). The lowest BCUT2D eigenvalue weighted by Gasteiger charge is -2.22. The van der Waals surface area contributed by atoms with Crippen molar-refractivity contribution in [2.75, 3.05) is 29.9 Å². The molecule has 0 unspecified atom stereocenters. The van der Waals surface area contributed by atoms with E-state index >= 15 is 0 Å². The number of rotatable bonds is 10. The maximum atomic E-state index is 13.1. The molecule has 3 amide bonds. The van der Waals surface area contributed by atoms with Gasteiger partial charge in [0.05, 0.1) is 4.91 Å². The van der Waals surface area contributed by atoms with Crippen molar-refractivity contribution in [1.82, 2.24) is 4.90 Å². The molecule has 0 aromatic heterocycles. The largest absolute Gasteiger partial charge is 0.488 e. The van der Waals surface area contributed by atoms with Gasteiger partial charge >= 0.3 is 0 Å². The number of nitrogens with one attached hydrogen (secondary N) is 1. The van der Waals surface area contributed by atoms with Crippen LogP contribution in [-0.2, 0) is 16.2 Å². The minimum atomic E-state index is -0.499. The molecule has 3 aromatic carbocycles. The highest BCUT2D eigenvalue weighted by atomic mass is 32.2. The van der Waals surface area contributed by atoms with Gasteiger partial charge in [0.1, 0.15) is 18.9 Å². The number of carbonyl (C=O) groups excluding carboxylic acids is 3. The summed E-state index contributed by atoms with van der Waals surface area (Å²) in [6.07, 6.45) is 1.66. The van der Waals surface area contributed by atoms with Crippen LogP contribution in [0.5, 0.6) is 5.75 Å². The van der Waals surface area contributed by atoms with Gasteiger partial charge in [-0.15, -0.1) is 0 Å². The Morgan fingerprint density at radius 2 is 1.76 bits per heavy atom. The number of nitrogens with zero attached hydrogens (tertiary/aromatic N) is 2. The summed E-state index contributed by atoms with van der Waals surface area (Å²) in [6, 6.07) is 23.0. The van der Waals surface area contributed by atoms with Crippen LogP contribution >= 0.6 is 11.8 Å². The Morgan fingerprint density at radius 1 is 1.00 bits per heavy atom. The molecule has 1 N–H and O–H groups in total. The molecule has 38 heavy (non-hydrogen) atoms. The molecule has 1 aliphatic heterocycles. The fourth-order valence-corrected chi connectivity index (χ4v) is 4.96. The topological polar surface area (TPSA) is 79.0 Å². The predicted octanol–water partition coefficient (Wildman–Crippen LogP) is 6.10. The van der Waals surface area contributed by atoms with E-state index in [4.69, 9.17) is 4.74 Å². The van der Waals surface area contributed by atoms with Crippen molar-refractivity contribution < 1.29 is 19.1 Å². The maximum Gasteiger partial charge on any atom is 0.294 e. The fraction of sp³-hybridized carbons (Fsp3) is 0.233. The molecular formula is C30H31N3O4S. The molecule has 1 saturated heterocycles. The summed E-state index contributed by atoms with van der Waals surface area (Å²) in [7, 11) is 0. The average Bonchev–Trinajstić information content (AvgIpc) is 3.17. The first-order valence-corrected chi connectivity index (χ1v) is 13.4. The van der Waals surface area contributed by atoms with Crippen LogP contribution < -0.4 is 15.0 Å². The highest BCUT2D eigenvalue weighted by Crippen LogP contribution is 2.35. The molecule has 1 aliphatic rings. The van der Waals surface area contributed by atoms with E-state index in [1.165, 1.54) is 0 Å². The first-order valence-electron chi connectivity index (χ1n) is 12.6. The van der Waals surface area contributed by atoms with Gasteiger partial charge < -0.3 is 15.0 Å². The molecule has 7 nitrogen and oxygen atoms in total. The number of amides is 3. The Balaban J connectivity index is 1.54. The number of anilines is 2. The Morgan fingerprint density at radius 3 is 2.47 bits per heavy atom. The molecule has 1 fully saturated rings. The second-order valence-corrected chi connectivity index (χ2v) is 9.85. The minimum Gasteiger partial charge on any atom is -0.488 e. The van der Waals surface area contributed by atoms with Crippen molar-refractivity contribution in [1.29, 1.82) is 0 Å². The Hall–Kier alpha value is -4.04. The maximum absolute atomic E-state index is 13.1. The lowest BCUT2D eigenvalue weighted by molar-refractivity contribution is -0.127. The second kappa shape index (κ2) is 12.5. The van der Waals surface area contributed by atoms with Crippen molar-refractivity contribution in [2.45, 2.75) is 27.4 Å². The third-order valence-electron chi connectivity index (χ3n) is 6.13. The van der Waals surface area contributed by atoms with Gasteiger partial charge in [-0.3, -0.25) is 19.3 Å². The summed E-state index contributed by atoms with van der Waals surface area (Å²) in [4.78, 5) is 41.7. The second-order valence-electron chi connectivity index (χ2n) is 8.85. The van der Waals surface area contributed by atoms with Crippen molar-refractivity contribution in [3.63, 3.8) is 0 Å². The van der Waals surface area contributed by atoms with E-state index < -0.39 is 17.1 Å². The van der Waals surface area contributed by atoms with Gasteiger partial charge in [0, 0.05) is 36.1 Å². The number of hydrogen-bond donors (Lipinski definition) is 1. The molecule has 1 heterocycles. The van der Waals surface area contributed by atoms with Gasteiger partial charge in [0.2, 0.25) is 5.91 Å². The van der Waals surface area contributed by atoms with Gasteiger partial charge in [-0.25, -0.2) is 0 Å². The summed E-state index contributed by atoms with van der Waals surface area (Å²) in [5.41, 5.74) is 4.33. The first-order chi connectivity index (χ1) is 18.4. The lowest BCUT2D eigenvalue weighted by Crippen LogP contribution is -2.36. The summed E-state index contributed by atoms with van der Waals surface area (Å²) < 4.78 is 6.19. The zero-order valence-corrected chi connectivity index (χ0v) is 22.6. The number of hydrogen-bond acceptors (Lipinski definition) is 6. The monoisotopic (exact) mass is 529 g/mol. The van der Waals surface area contributed by atoms with Crippen molar-refractivity contribution >= 4 is 46.3 Å². The van der Waals surface area contributed by atoms with Crippen LogP contribution in [0.3, 0.4) is 0 Å². The van der Waals surface area contributed by atoms with E-state index in [-0.39, 0.29) is 11.4 Å². The molecule has 0 atom stereocenters. The Labute approximate surface area is 227 Å². The number of aryl methyl sites for hydroxylation is 1. The van der Waals surface area contributed by atoms with Crippen LogP contribution in [0.25, 0.3) is 6.08 Å². The number of benzene rings is 3. The van der Waals surface area contributed by atoms with Gasteiger partial charge in [-0.2, -0.15) is 0 Å². The fourth-order valence-electron chi connectivity index (χ4n) is 4.13. The van der Waals surface area contributed by atoms with E-state index in [1.807, 2.05) is 73.7 Å². The van der Waals surface area contributed by atoms with Crippen LogP contribution in [0.4, 0.5) is 16.2 Å². The molecule has 0 spiro atoms. The highest BCUT2D eigenvalue weighted by Gasteiger charge is 2.36. The standard InChI is InChI=1S/C30H31N3O4S/c1-4-32(5-2)25-15-14-23(26(18-25)37-20-22-11-7-6-8-12-22)17-27-29(35)33(30(36)38-27)19-28(34)31-24-13-9-10-21(3)16-24/h6-18H,4-5,19-20H2,1-3H3,(H,31,34)/b27-17+. The lowest BCUT2D eigenvalue weighted by atomic mass is 10.1. The van der Waals surface area contributed by atoms with Crippen LogP contribution in [0.2, 0.25) is 0 Å². The summed E-state index contributed by atoms with van der Waals surface area (Å²) in [5, 5.41) is 2.27. The molecule has 196 valence electrons. The average molecular weight is 530 g/mol. The summed E-state index contributed by atoms with van der Waals surface area (Å²) in [5.74, 6) is -0.321. The van der Waals surface area contributed by atoms with Crippen molar-refractivity contribution in [3.05, 3.63) is 94.4 Å². The highest BCUT2D eigenvalue weighted by molar-refractivity contribution is 8.18. The molecule has 8 heteroatoms. The smallest absolute Gasteiger partial charge is 0.294 e. The quantitative estimate of drug-likeness (QED) is 0.320. The van der Waals surface area contributed by atoms with Gasteiger partial charge in [0.25, 0.3) is 11.1 Å². The van der Waals surface area contributed by atoms with Crippen LogP contribution in [0.15, 0.2) is 77.7 Å². The minimum absolute atomic E-state index is 0.249. The molecule has 0 aliphatic carbocycles. The summed E-state index contributed by atoms with van der Waals surface area (Å²) >= 11 is 0.823. The number of imide groups is 1. The normalized spacial score (nSPS) is 14.2. The van der Waals surface area contributed by atoms with Crippen LogP contribution in [-0.4, -0.2) is 41.6 Å². The molecule has 0 saturated carbocycles. The first kappa shape index (κ1) is 27.0. The van der Waals surface area contributed by atoms with Gasteiger partial charge in [0.15, 0.2) is 0 Å². The van der Waals surface area contributed by atoms with Crippen molar-refractivity contribution in [3.8, 4) is 5.75 Å². The Kier molecular flexibility index (Phi) is 8.86. The molecule has 3 aromatic rings. The van der Waals surface area contributed by atoms with Crippen molar-refractivity contribution in [2.24, 2.45) is 0 Å². The van der Waals surface area contributed by atoms with Gasteiger partial charge in [-0.05, 0) is 74.0 Å². The molecule has 0 bridgehead atoms. The predicted molar refractivity (Wildman–Crippen MR) is 153 cm³/mol.